The molecule has 0 bridgehead atoms. The first-order chi connectivity index (χ1) is 13.6. The van der Waals surface area contributed by atoms with E-state index in [9.17, 15) is 9.59 Å². The number of aromatic nitrogens is 2. The number of hydrogen-bond acceptors (Lipinski definition) is 5. The smallest absolute Gasteiger partial charge is 0.279 e. The van der Waals surface area contributed by atoms with Gasteiger partial charge in [-0.15, -0.1) is 0 Å². The molecule has 0 saturated carbocycles. The van der Waals surface area contributed by atoms with Crippen LogP contribution >= 0.6 is 0 Å². The number of hydrogen-bond donors (Lipinski definition) is 1. The maximum atomic E-state index is 13.1. The molecule has 2 aromatic carbocycles. The highest BCUT2D eigenvalue weighted by molar-refractivity contribution is 6.04. The summed E-state index contributed by atoms with van der Waals surface area (Å²) in [6.07, 6.45) is 1.84. The third-order valence-corrected chi connectivity index (χ3v) is 4.42. The summed E-state index contributed by atoms with van der Waals surface area (Å²) in [7, 11) is 3.06. The molecular weight excluding hydrogens is 358 g/mol. The molecule has 0 saturated heterocycles. The van der Waals surface area contributed by atoms with Crippen LogP contribution in [-0.2, 0) is 0 Å². The van der Waals surface area contributed by atoms with Crippen molar-refractivity contribution < 1.29 is 14.3 Å². The number of carbonyl (C=O) groups excluding carboxylic acids is 1. The molecule has 0 spiro atoms. The summed E-state index contributed by atoms with van der Waals surface area (Å²) >= 11 is 0. The topological polar surface area (TPSA) is 82.5 Å². The third-order valence-electron chi connectivity index (χ3n) is 4.42. The fraction of sp³-hybridized carbons (Fsp3) is 0.286. The summed E-state index contributed by atoms with van der Waals surface area (Å²) in [5.41, 5.74) is 0.332. The predicted molar refractivity (Wildman–Crippen MR) is 108 cm³/mol. The van der Waals surface area contributed by atoms with E-state index in [1.165, 1.54) is 18.9 Å². The van der Waals surface area contributed by atoms with Gasteiger partial charge in [-0.2, -0.15) is 9.78 Å². The van der Waals surface area contributed by atoms with Gasteiger partial charge in [-0.3, -0.25) is 9.59 Å². The lowest BCUT2D eigenvalue weighted by Gasteiger charge is -2.13. The molecule has 7 nitrogen and oxygen atoms in total. The van der Waals surface area contributed by atoms with Crippen LogP contribution in [0.4, 0.5) is 0 Å². The van der Waals surface area contributed by atoms with Crippen LogP contribution in [0.5, 0.6) is 11.5 Å². The number of benzene rings is 2. The molecule has 3 rings (SSSR count). The van der Waals surface area contributed by atoms with E-state index in [-0.39, 0.29) is 17.2 Å². The van der Waals surface area contributed by atoms with Crippen molar-refractivity contribution in [2.45, 2.75) is 19.8 Å². The van der Waals surface area contributed by atoms with Crippen LogP contribution in [0.2, 0.25) is 0 Å². The molecule has 0 fully saturated rings. The zero-order valence-electron chi connectivity index (χ0n) is 16.2. The van der Waals surface area contributed by atoms with Crippen LogP contribution in [0.3, 0.4) is 0 Å². The number of nitrogens with one attached hydrogen (secondary N) is 1. The van der Waals surface area contributed by atoms with Crippen molar-refractivity contribution in [3.8, 4) is 17.2 Å². The van der Waals surface area contributed by atoms with E-state index in [0.29, 0.717) is 34.5 Å². The van der Waals surface area contributed by atoms with E-state index in [1.807, 2.05) is 0 Å². The van der Waals surface area contributed by atoms with Crippen molar-refractivity contribution in [3.63, 3.8) is 0 Å². The van der Waals surface area contributed by atoms with Gasteiger partial charge in [0.2, 0.25) is 0 Å². The van der Waals surface area contributed by atoms with Crippen molar-refractivity contribution in [3.05, 3.63) is 58.5 Å². The summed E-state index contributed by atoms with van der Waals surface area (Å²) in [6.45, 7) is 2.60. The fourth-order valence-corrected chi connectivity index (χ4v) is 2.91. The molecule has 7 heteroatoms. The Kier molecular flexibility index (Phi) is 5.93. The Bertz CT molecular complexity index is 1040. The molecule has 0 radical (unpaired) electrons. The van der Waals surface area contributed by atoms with Gasteiger partial charge >= 0.3 is 0 Å². The van der Waals surface area contributed by atoms with Crippen molar-refractivity contribution >= 4 is 16.7 Å². The average molecular weight is 381 g/mol. The molecule has 28 heavy (non-hydrogen) atoms. The Morgan fingerprint density at radius 2 is 1.71 bits per heavy atom. The third kappa shape index (κ3) is 3.83. The molecule has 1 N–H and O–H groups in total. The molecular formula is C21H23N3O4. The average Bonchev–Trinajstić information content (AvgIpc) is 2.73. The number of nitrogens with zero attached hydrogens (tertiary/aromatic N) is 2. The summed E-state index contributed by atoms with van der Waals surface area (Å²) in [4.78, 5) is 25.8. The number of ether oxygens (including phenoxy) is 2. The predicted octanol–water partition coefficient (Wildman–Crippen LogP) is 2.93. The second-order valence-corrected chi connectivity index (χ2v) is 6.29. The minimum atomic E-state index is -0.323. The fourth-order valence-electron chi connectivity index (χ4n) is 2.91. The monoisotopic (exact) mass is 381 g/mol. The minimum absolute atomic E-state index is 0.202. The second kappa shape index (κ2) is 8.56. The zero-order valence-corrected chi connectivity index (χ0v) is 16.2. The van der Waals surface area contributed by atoms with E-state index in [1.54, 1.807) is 42.5 Å². The van der Waals surface area contributed by atoms with Crippen LogP contribution in [0.15, 0.2) is 47.3 Å². The molecule has 3 aromatic rings. The Balaban J connectivity index is 2.20. The summed E-state index contributed by atoms with van der Waals surface area (Å²) in [5, 5.41) is 8.19. The van der Waals surface area contributed by atoms with Gasteiger partial charge in [0.1, 0.15) is 11.5 Å². The van der Waals surface area contributed by atoms with Gasteiger partial charge in [0, 0.05) is 30.1 Å². The Hall–Kier alpha value is -3.35. The minimum Gasteiger partial charge on any atom is -0.497 e. The summed E-state index contributed by atoms with van der Waals surface area (Å²) < 4.78 is 11.8. The van der Waals surface area contributed by atoms with Gasteiger partial charge < -0.3 is 14.8 Å². The normalized spacial score (nSPS) is 10.7. The van der Waals surface area contributed by atoms with Crippen molar-refractivity contribution in [2.24, 2.45) is 0 Å². The highest BCUT2D eigenvalue weighted by atomic mass is 16.5. The number of amides is 1. The maximum absolute atomic E-state index is 13.1. The van der Waals surface area contributed by atoms with Gasteiger partial charge in [0.15, 0.2) is 5.69 Å². The number of methoxy groups -OCH3 is 2. The Morgan fingerprint density at radius 3 is 2.32 bits per heavy atom. The van der Waals surface area contributed by atoms with Gasteiger partial charge in [-0.25, -0.2) is 0 Å². The van der Waals surface area contributed by atoms with E-state index in [0.717, 1.165) is 12.8 Å². The van der Waals surface area contributed by atoms with E-state index >= 15 is 0 Å². The van der Waals surface area contributed by atoms with Gasteiger partial charge in [0.25, 0.3) is 11.5 Å². The molecule has 0 aliphatic rings. The number of fused-ring (bicyclic) bond motifs is 1. The van der Waals surface area contributed by atoms with Gasteiger partial charge in [-0.05, 0) is 12.5 Å². The van der Waals surface area contributed by atoms with Crippen LogP contribution in [0, 0.1) is 0 Å². The lowest BCUT2D eigenvalue weighted by atomic mass is 10.1. The maximum Gasteiger partial charge on any atom is 0.279 e. The van der Waals surface area contributed by atoms with Crippen LogP contribution in [0.1, 0.15) is 30.3 Å². The lowest BCUT2D eigenvalue weighted by Crippen LogP contribution is -2.30. The van der Waals surface area contributed by atoms with Gasteiger partial charge in [-0.1, -0.05) is 31.5 Å². The number of carbonyl (C=O) groups is 1. The molecule has 146 valence electrons. The number of unbranched alkanes of at least 4 members (excludes halogenated alkanes) is 1. The quantitative estimate of drug-likeness (QED) is 0.636. The molecule has 0 atom stereocenters. The molecule has 0 unspecified atom stereocenters. The molecule has 1 amide bonds. The van der Waals surface area contributed by atoms with Gasteiger partial charge in [0.05, 0.1) is 25.3 Å². The largest absolute Gasteiger partial charge is 0.497 e. The highest BCUT2D eigenvalue weighted by Crippen LogP contribution is 2.24. The Labute approximate surface area is 162 Å². The summed E-state index contributed by atoms with van der Waals surface area (Å²) in [6, 6.07) is 12.0. The zero-order chi connectivity index (χ0) is 20.1. The molecule has 0 aliphatic heterocycles. The van der Waals surface area contributed by atoms with Crippen LogP contribution < -0.4 is 20.3 Å². The van der Waals surface area contributed by atoms with E-state index in [2.05, 4.69) is 17.3 Å². The number of rotatable bonds is 7. The molecule has 0 aliphatic carbocycles. The molecule has 1 heterocycles. The first kappa shape index (κ1) is 19.4. The lowest BCUT2D eigenvalue weighted by molar-refractivity contribution is 0.0948. The van der Waals surface area contributed by atoms with Crippen molar-refractivity contribution in [2.75, 3.05) is 20.8 Å². The SMILES string of the molecule is CCCCNC(=O)c1nn(-c2cc(OC)cc(OC)c2)c(=O)c2ccccc12. The van der Waals surface area contributed by atoms with Crippen LogP contribution in [-0.4, -0.2) is 36.5 Å². The summed E-state index contributed by atoms with van der Waals surface area (Å²) in [5.74, 6) is 0.726. The van der Waals surface area contributed by atoms with Crippen molar-refractivity contribution in [1.82, 2.24) is 15.1 Å². The standard InChI is InChI=1S/C21H23N3O4/c1-4-5-10-22-20(25)19-17-8-6-7-9-18(17)21(26)24(23-19)14-11-15(27-2)13-16(12-14)28-3/h6-9,11-13H,4-5,10H2,1-3H3,(H,22,25). The van der Waals surface area contributed by atoms with Crippen LogP contribution in [0.25, 0.3) is 16.5 Å². The first-order valence-corrected chi connectivity index (χ1v) is 9.12. The first-order valence-electron chi connectivity index (χ1n) is 9.12. The Morgan fingerprint density at radius 1 is 1.07 bits per heavy atom. The van der Waals surface area contributed by atoms with E-state index < -0.39 is 0 Å². The second-order valence-electron chi connectivity index (χ2n) is 6.29. The van der Waals surface area contributed by atoms with E-state index in [4.69, 9.17) is 9.47 Å². The van der Waals surface area contributed by atoms with Crippen molar-refractivity contribution in [1.29, 1.82) is 0 Å². The molecule has 1 aromatic heterocycles. The highest BCUT2D eigenvalue weighted by Gasteiger charge is 2.18.